The van der Waals surface area contributed by atoms with Gasteiger partial charge in [-0.1, -0.05) is 86.1 Å². The first kappa shape index (κ1) is 25.0. The van der Waals surface area contributed by atoms with Crippen molar-refractivity contribution in [3.05, 3.63) is 101 Å². The molecule has 0 aliphatic rings. The van der Waals surface area contributed by atoms with Gasteiger partial charge in [0.25, 0.3) is 5.91 Å². The maximum Gasteiger partial charge on any atom is 0.261 e. The van der Waals surface area contributed by atoms with Crippen molar-refractivity contribution in [2.75, 3.05) is 13.7 Å². The van der Waals surface area contributed by atoms with Gasteiger partial charge in [0.05, 0.1) is 0 Å². The van der Waals surface area contributed by atoms with Crippen molar-refractivity contribution >= 4 is 11.8 Å². The van der Waals surface area contributed by atoms with Gasteiger partial charge < -0.3 is 15.0 Å². The van der Waals surface area contributed by atoms with Crippen LogP contribution in [0.25, 0.3) is 0 Å². The Morgan fingerprint density at radius 2 is 1.59 bits per heavy atom. The van der Waals surface area contributed by atoms with Crippen molar-refractivity contribution in [1.82, 2.24) is 10.2 Å². The summed E-state index contributed by atoms with van der Waals surface area (Å²) in [6, 6.07) is 24.9. The van der Waals surface area contributed by atoms with E-state index in [2.05, 4.69) is 19.2 Å². The largest absolute Gasteiger partial charge is 0.484 e. The van der Waals surface area contributed by atoms with Crippen LogP contribution in [-0.4, -0.2) is 36.4 Å². The van der Waals surface area contributed by atoms with Gasteiger partial charge in [0.1, 0.15) is 11.8 Å². The SMILES string of the molecule is CNC(=O)C(Cc1ccccc1)N(Cc1cccc(C)c1)C(=O)COc1ccc(C(C)C)cc1. The van der Waals surface area contributed by atoms with E-state index in [1.165, 1.54) is 5.56 Å². The number of aryl methyl sites for hydroxylation is 1. The lowest BCUT2D eigenvalue weighted by molar-refractivity contribution is -0.142. The Morgan fingerprint density at radius 1 is 0.912 bits per heavy atom. The maximum absolute atomic E-state index is 13.5. The van der Waals surface area contributed by atoms with Gasteiger partial charge in [-0.05, 0) is 41.7 Å². The lowest BCUT2D eigenvalue weighted by Crippen LogP contribution is -2.51. The Bertz CT molecular complexity index is 1080. The molecule has 0 fully saturated rings. The van der Waals surface area contributed by atoms with Gasteiger partial charge in [-0.3, -0.25) is 9.59 Å². The average molecular weight is 459 g/mol. The van der Waals surface area contributed by atoms with Gasteiger partial charge in [-0.15, -0.1) is 0 Å². The molecule has 0 aromatic heterocycles. The van der Waals surface area contributed by atoms with E-state index in [-0.39, 0.29) is 18.4 Å². The topological polar surface area (TPSA) is 58.6 Å². The summed E-state index contributed by atoms with van der Waals surface area (Å²) < 4.78 is 5.84. The number of hydrogen-bond acceptors (Lipinski definition) is 3. The summed E-state index contributed by atoms with van der Waals surface area (Å²) in [6.45, 7) is 6.46. The molecule has 0 saturated carbocycles. The number of hydrogen-bond donors (Lipinski definition) is 1. The molecular weight excluding hydrogens is 424 g/mol. The predicted molar refractivity (Wildman–Crippen MR) is 136 cm³/mol. The molecule has 5 heteroatoms. The third-order valence-electron chi connectivity index (χ3n) is 5.86. The first-order valence-electron chi connectivity index (χ1n) is 11.7. The molecule has 178 valence electrons. The smallest absolute Gasteiger partial charge is 0.261 e. The molecule has 3 aromatic rings. The minimum absolute atomic E-state index is 0.144. The van der Waals surface area contributed by atoms with Crippen LogP contribution in [0.3, 0.4) is 0 Å². The van der Waals surface area contributed by atoms with Crippen LogP contribution in [0, 0.1) is 6.92 Å². The molecule has 0 spiro atoms. The zero-order valence-electron chi connectivity index (χ0n) is 20.5. The first-order chi connectivity index (χ1) is 16.4. The third-order valence-corrected chi connectivity index (χ3v) is 5.86. The van der Waals surface area contributed by atoms with Crippen molar-refractivity contribution < 1.29 is 14.3 Å². The summed E-state index contributed by atoms with van der Waals surface area (Å²) in [5.74, 6) is 0.615. The summed E-state index contributed by atoms with van der Waals surface area (Å²) >= 11 is 0. The van der Waals surface area contributed by atoms with Gasteiger partial charge in [0, 0.05) is 20.0 Å². The lowest BCUT2D eigenvalue weighted by atomic mass is 10.0. The number of rotatable bonds is 10. The van der Waals surface area contributed by atoms with E-state index >= 15 is 0 Å². The molecule has 1 atom stereocenters. The van der Waals surface area contributed by atoms with Crippen LogP contribution < -0.4 is 10.1 Å². The van der Waals surface area contributed by atoms with Gasteiger partial charge >= 0.3 is 0 Å². The Hall–Kier alpha value is -3.60. The fourth-order valence-corrected chi connectivity index (χ4v) is 3.90. The molecular formula is C29H34N2O3. The molecule has 0 bridgehead atoms. The zero-order chi connectivity index (χ0) is 24.5. The summed E-state index contributed by atoms with van der Waals surface area (Å²) in [4.78, 5) is 28.0. The zero-order valence-corrected chi connectivity index (χ0v) is 20.5. The first-order valence-corrected chi connectivity index (χ1v) is 11.7. The molecule has 2 amide bonds. The number of benzene rings is 3. The van der Waals surface area contributed by atoms with Crippen molar-refractivity contribution in [2.24, 2.45) is 0 Å². The fraction of sp³-hybridized carbons (Fsp3) is 0.310. The number of likely N-dealkylation sites (N-methyl/N-ethyl adjacent to an activating group) is 1. The molecule has 0 radical (unpaired) electrons. The van der Waals surface area contributed by atoms with E-state index < -0.39 is 6.04 Å². The van der Waals surface area contributed by atoms with Crippen LogP contribution in [-0.2, 0) is 22.6 Å². The number of carbonyl (C=O) groups is 2. The number of nitrogens with one attached hydrogen (secondary N) is 1. The summed E-state index contributed by atoms with van der Waals surface area (Å²) in [6.07, 6.45) is 0.418. The molecule has 3 rings (SSSR count). The van der Waals surface area contributed by atoms with E-state index in [4.69, 9.17) is 4.74 Å². The standard InChI is InChI=1S/C29H34N2O3/c1-21(2)25-13-15-26(16-14-25)34-20-28(32)31(19-24-12-8-9-22(3)17-24)27(29(33)30-4)18-23-10-6-5-7-11-23/h5-17,21,27H,18-20H2,1-4H3,(H,30,33). The van der Waals surface area contributed by atoms with Crippen LogP contribution in [0.5, 0.6) is 5.75 Å². The quantitative estimate of drug-likeness (QED) is 0.471. The summed E-state index contributed by atoms with van der Waals surface area (Å²) in [7, 11) is 1.60. The second-order valence-corrected chi connectivity index (χ2v) is 8.84. The van der Waals surface area contributed by atoms with Gasteiger partial charge in [-0.2, -0.15) is 0 Å². The Kier molecular flexibility index (Phi) is 8.86. The van der Waals surface area contributed by atoms with Crippen LogP contribution in [0.2, 0.25) is 0 Å². The number of amides is 2. The monoisotopic (exact) mass is 458 g/mol. The van der Waals surface area contributed by atoms with E-state index in [9.17, 15) is 9.59 Å². The molecule has 0 saturated heterocycles. The minimum Gasteiger partial charge on any atom is -0.484 e. The predicted octanol–water partition coefficient (Wildman–Crippen LogP) is 4.88. The Labute approximate surface area is 202 Å². The van der Waals surface area contributed by atoms with Crippen LogP contribution in [0.15, 0.2) is 78.9 Å². The molecule has 3 aromatic carbocycles. The highest BCUT2D eigenvalue weighted by atomic mass is 16.5. The Morgan fingerprint density at radius 3 is 2.21 bits per heavy atom. The minimum atomic E-state index is -0.660. The van der Waals surface area contributed by atoms with Crippen molar-refractivity contribution in [3.8, 4) is 5.75 Å². The van der Waals surface area contributed by atoms with Crippen molar-refractivity contribution in [1.29, 1.82) is 0 Å². The van der Waals surface area contributed by atoms with Crippen LogP contribution >= 0.6 is 0 Å². The van der Waals surface area contributed by atoms with Gasteiger partial charge in [0.2, 0.25) is 5.91 Å². The third kappa shape index (κ3) is 6.95. The fourth-order valence-electron chi connectivity index (χ4n) is 3.90. The highest BCUT2D eigenvalue weighted by molar-refractivity contribution is 5.88. The van der Waals surface area contributed by atoms with E-state index in [1.807, 2.05) is 85.8 Å². The highest BCUT2D eigenvalue weighted by Gasteiger charge is 2.30. The number of nitrogens with zero attached hydrogens (tertiary/aromatic N) is 1. The normalized spacial score (nSPS) is 11.7. The molecule has 0 aliphatic carbocycles. The average Bonchev–Trinajstić information content (AvgIpc) is 2.85. The van der Waals surface area contributed by atoms with Gasteiger partial charge in [0.15, 0.2) is 6.61 Å². The molecule has 1 unspecified atom stereocenters. The van der Waals surface area contributed by atoms with E-state index in [0.717, 1.165) is 16.7 Å². The molecule has 1 N–H and O–H groups in total. The van der Waals surface area contributed by atoms with Gasteiger partial charge in [-0.25, -0.2) is 0 Å². The Balaban J connectivity index is 1.84. The second kappa shape index (κ2) is 12.0. The maximum atomic E-state index is 13.5. The van der Waals surface area contributed by atoms with E-state index in [0.29, 0.717) is 24.6 Å². The molecule has 34 heavy (non-hydrogen) atoms. The molecule has 5 nitrogen and oxygen atoms in total. The second-order valence-electron chi connectivity index (χ2n) is 8.84. The highest BCUT2D eigenvalue weighted by Crippen LogP contribution is 2.20. The summed E-state index contributed by atoms with van der Waals surface area (Å²) in [5.41, 5.74) is 4.27. The molecule has 0 heterocycles. The lowest BCUT2D eigenvalue weighted by Gasteiger charge is -2.31. The van der Waals surface area contributed by atoms with Crippen LogP contribution in [0.1, 0.15) is 42.0 Å². The number of carbonyl (C=O) groups excluding carboxylic acids is 2. The van der Waals surface area contributed by atoms with Crippen LogP contribution in [0.4, 0.5) is 0 Å². The summed E-state index contributed by atoms with van der Waals surface area (Å²) in [5, 5.41) is 2.73. The van der Waals surface area contributed by atoms with Crippen molar-refractivity contribution in [3.63, 3.8) is 0 Å². The number of ether oxygens (including phenoxy) is 1. The van der Waals surface area contributed by atoms with E-state index in [1.54, 1.807) is 11.9 Å². The van der Waals surface area contributed by atoms with Crippen molar-refractivity contribution in [2.45, 2.75) is 45.7 Å². The molecule has 0 aliphatic heterocycles.